The molecule has 0 bridgehead atoms. The first-order chi connectivity index (χ1) is 7.27. The van der Waals surface area contributed by atoms with Gasteiger partial charge in [0.2, 0.25) is 0 Å². The van der Waals surface area contributed by atoms with Gasteiger partial charge in [0, 0.05) is 19.5 Å². The normalized spacial score (nSPS) is 19.6. The van der Waals surface area contributed by atoms with Crippen LogP contribution in [0.3, 0.4) is 0 Å². The summed E-state index contributed by atoms with van der Waals surface area (Å²) in [6, 6.07) is 0.351. The van der Waals surface area contributed by atoms with Gasteiger partial charge in [-0.2, -0.15) is 5.10 Å². The van der Waals surface area contributed by atoms with Crippen molar-refractivity contribution < 1.29 is 0 Å². The van der Waals surface area contributed by atoms with E-state index in [4.69, 9.17) is 5.73 Å². The first-order valence-corrected chi connectivity index (χ1v) is 5.86. The highest BCUT2D eigenvalue weighted by atomic mass is 15.3. The van der Waals surface area contributed by atoms with Crippen molar-refractivity contribution in [2.45, 2.75) is 44.6 Å². The average Bonchev–Trinajstić information content (AvgIpc) is 2.85. The third-order valence-electron chi connectivity index (χ3n) is 3.51. The van der Waals surface area contributed by atoms with Gasteiger partial charge in [0.05, 0.1) is 0 Å². The molecule has 0 saturated heterocycles. The average molecular weight is 208 g/mol. The topological polar surface area (TPSA) is 56.7 Å². The Morgan fingerprint density at radius 1 is 1.53 bits per heavy atom. The van der Waals surface area contributed by atoms with Crippen molar-refractivity contribution in [2.24, 2.45) is 18.7 Å². The maximum Gasteiger partial charge on any atom is 0.138 e. The van der Waals surface area contributed by atoms with Crippen LogP contribution >= 0.6 is 0 Å². The van der Waals surface area contributed by atoms with Crippen LogP contribution in [0.5, 0.6) is 0 Å². The Hall–Kier alpha value is -0.900. The van der Waals surface area contributed by atoms with Crippen LogP contribution in [0.1, 0.15) is 37.9 Å². The predicted molar refractivity (Wildman–Crippen MR) is 59.3 cm³/mol. The molecule has 0 spiro atoms. The van der Waals surface area contributed by atoms with E-state index in [1.54, 1.807) is 6.33 Å². The van der Waals surface area contributed by atoms with Gasteiger partial charge in [-0.1, -0.05) is 12.8 Å². The second-order valence-corrected chi connectivity index (χ2v) is 4.55. The summed E-state index contributed by atoms with van der Waals surface area (Å²) in [6.07, 6.45) is 8.96. The smallest absolute Gasteiger partial charge is 0.138 e. The molecule has 4 nitrogen and oxygen atoms in total. The van der Waals surface area contributed by atoms with Gasteiger partial charge in [0.1, 0.15) is 12.2 Å². The molecule has 1 heterocycles. The maximum atomic E-state index is 6.19. The summed E-state index contributed by atoms with van der Waals surface area (Å²) in [5, 5.41) is 4.06. The molecule has 2 rings (SSSR count). The Balaban J connectivity index is 1.80. The van der Waals surface area contributed by atoms with E-state index in [0.29, 0.717) is 6.04 Å². The number of aromatic nitrogens is 3. The molecule has 1 aromatic rings. The van der Waals surface area contributed by atoms with Crippen LogP contribution in [0.15, 0.2) is 6.33 Å². The van der Waals surface area contributed by atoms with Crippen LogP contribution in [0.25, 0.3) is 0 Å². The fourth-order valence-corrected chi connectivity index (χ4v) is 2.46. The summed E-state index contributed by atoms with van der Waals surface area (Å²) in [5.74, 6) is 1.79. The Labute approximate surface area is 90.9 Å². The van der Waals surface area contributed by atoms with Gasteiger partial charge in [-0.25, -0.2) is 4.98 Å². The SMILES string of the molecule is Cn1ncnc1CCC(N)C1CCCC1. The Bertz CT molecular complexity index is 301. The minimum absolute atomic E-state index is 0.351. The molecule has 84 valence electrons. The molecule has 2 N–H and O–H groups in total. The van der Waals surface area contributed by atoms with Gasteiger partial charge in [-0.3, -0.25) is 4.68 Å². The molecular formula is C11H20N4. The molecule has 1 atom stereocenters. The summed E-state index contributed by atoms with van der Waals surface area (Å²) in [6.45, 7) is 0. The van der Waals surface area contributed by atoms with Gasteiger partial charge >= 0.3 is 0 Å². The molecular weight excluding hydrogens is 188 g/mol. The highest BCUT2D eigenvalue weighted by molar-refractivity contribution is 4.87. The highest BCUT2D eigenvalue weighted by Crippen LogP contribution is 2.28. The quantitative estimate of drug-likeness (QED) is 0.810. The Kier molecular flexibility index (Phi) is 3.36. The minimum Gasteiger partial charge on any atom is -0.327 e. The van der Waals surface area contributed by atoms with Crippen LogP contribution in [0.2, 0.25) is 0 Å². The Morgan fingerprint density at radius 2 is 2.27 bits per heavy atom. The van der Waals surface area contributed by atoms with Crippen LogP contribution in [-0.2, 0) is 13.5 Å². The van der Waals surface area contributed by atoms with Gasteiger partial charge < -0.3 is 5.73 Å². The molecule has 0 aromatic carbocycles. The lowest BCUT2D eigenvalue weighted by Crippen LogP contribution is -2.29. The second kappa shape index (κ2) is 4.75. The van der Waals surface area contributed by atoms with Gasteiger partial charge in [0.15, 0.2) is 0 Å². The van der Waals surface area contributed by atoms with Crippen molar-refractivity contribution in [3.05, 3.63) is 12.2 Å². The third-order valence-corrected chi connectivity index (χ3v) is 3.51. The molecule has 0 radical (unpaired) electrons. The first kappa shape index (κ1) is 10.6. The van der Waals surface area contributed by atoms with Crippen molar-refractivity contribution in [2.75, 3.05) is 0 Å². The first-order valence-electron chi connectivity index (χ1n) is 5.86. The van der Waals surface area contributed by atoms with Crippen LogP contribution < -0.4 is 5.73 Å². The molecule has 1 saturated carbocycles. The molecule has 1 fully saturated rings. The van der Waals surface area contributed by atoms with E-state index >= 15 is 0 Å². The lowest BCUT2D eigenvalue weighted by atomic mass is 9.95. The monoisotopic (exact) mass is 208 g/mol. The van der Waals surface area contributed by atoms with E-state index in [1.807, 2.05) is 11.7 Å². The number of nitrogens with two attached hydrogens (primary N) is 1. The van der Waals surface area contributed by atoms with E-state index in [0.717, 1.165) is 24.6 Å². The summed E-state index contributed by atoms with van der Waals surface area (Å²) in [5.41, 5.74) is 6.19. The zero-order chi connectivity index (χ0) is 10.7. The fraction of sp³-hybridized carbons (Fsp3) is 0.818. The van der Waals surface area contributed by atoms with E-state index in [-0.39, 0.29) is 0 Å². The minimum atomic E-state index is 0.351. The number of rotatable bonds is 4. The molecule has 0 aliphatic heterocycles. The molecule has 1 aliphatic rings. The predicted octanol–water partition coefficient (Wildman–Crippen LogP) is 1.27. The maximum absolute atomic E-state index is 6.19. The molecule has 1 aromatic heterocycles. The molecule has 4 heteroatoms. The van der Waals surface area contributed by atoms with Gasteiger partial charge in [-0.05, 0) is 25.2 Å². The van der Waals surface area contributed by atoms with Crippen molar-refractivity contribution >= 4 is 0 Å². The number of hydrogen-bond acceptors (Lipinski definition) is 3. The molecule has 1 unspecified atom stereocenters. The van der Waals surface area contributed by atoms with Crippen LogP contribution in [0.4, 0.5) is 0 Å². The lowest BCUT2D eigenvalue weighted by Gasteiger charge is -2.18. The summed E-state index contributed by atoms with van der Waals surface area (Å²) < 4.78 is 1.83. The Morgan fingerprint density at radius 3 is 2.87 bits per heavy atom. The fourth-order valence-electron chi connectivity index (χ4n) is 2.46. The van der Waals surface area contributed by atoms with Gasteiger partial charge in [-0.15, -0.1) is 0 Å². The van der Waals surface area contributed by atoms with Crippen LogP contribution in [-0.4, -0.2) is 20.8 Å². The molecule has 0 amide bonds. The summed E-state index contributed by atoms with van der Waals surface area (Å²) in [7, 11) is 1.93. The summed E-state index contributed by atoms with van der Waals surface area (Å²) in [4.78, 5) is 4.21. The van der Waals surface area contributed by atoms with Crippen molar-refractivity contribution in [3.63, 3.8) is 0 Å². The second-order valence-electron chi connectivity index (χ2n) is 4.55. The zero-order valence-corrected chi connectivity index (χ0v) is 9.39. The van der Waals surface area contributed by atoms with Crippen molar-refractivity contribution in [3.8, 4) is 0 Å². The van der Waals surface area contributed by atoms with Gasteiger partial charge in [0.25, 0.3) is 0 Å². The number of hydrogen-bond donors (Lipinski definition) is 1. The standard InChI is InChI=1S/C11H20N4/c1-15-11(13-8-14-15)7-6-10(12)9-4-2-3-5-9/h8-10H,2-7,12H2,1H3. The van der Waals surface area contributed by atoms with Crippen molar-refractivity contribution in [1.29, 1.82) is 0 Å². The summed E-state index contributed by atoms with van der Waals surface area (Å²) >= 11 is 0. The van der Waals surface area contributed by atoms with E-state index in [9.17, 15) is 0 Å². The lowest BCUT2D eigenvalue weighted by molar-refractivity contribution is 0.405. The van der Waals surface area contributed by atoms with Crippen molar-refractivity contribution in [1.82, 2.24) is 14.8 Å². The molecule has 1 aliphatic carbocycles. The zero-order valence-electron chi connectivity index (χ0n) is 9.39. The number of nitrogens with zero attached hydrogens (tertiary/aromatic N) is 3. The largest absolute Gasteiger partial charge is 0.327 e. The third kappa shape index (κ3) is 2.56. The van der Waals surface area contributed by atoms with E-state index in [1.165, 1.54) is 25.7 Å². The van der Waals surface area contributed by atoms with E-state index in [2.05, 4.69) is 10.1 Å². The van der Waals surface area contributed by atoms with E-state index < -0.39 is 0 Å². The molecule has 15 heavy (non-hydrogen) atoms. The highest BCUT2D eigenvalue weighted by Gasteiger charge is 2.21. The van der Waals surface area contributed by atoms with Crippen LogP contribution in [0, 0.1) is 5.92 Å². The number of aryl methyl sites for hydroxylation is 2.